The average molecular weight is 321 g/mol. The molecule has 1 aliphatic carbocycles. The first kappa shape index (κ1) is 15.5. The van der Waals surface area contributed by atoms with Crippen LogP contribution in [0.3, 0.4) is 0 Å². The van der Waals surface area contributed by atoms with Gasteiger partial charge in [-0.05, 0) is 25.0 Å². The van der Waals surface area contributed by atoms with Gasteiger partial charge in [0, 0.05) is 6.07 Å². The second-order valence-corrected chi connectivity index (χ2v) is 5.89. The highest BCUT2D eigenvalue weighted by Crippen LogP contribution is 2.31. The standard InChI is InChI=1S/C16H16FNO5/c17-18(9-16(22)6-1-2-7-16)15(21)13-8-12(20)10-4-3-5-11(19)14(10)23-13/h3-5,8,19,22H,1-2,6-7,9H2. The maximum absolute atomic E-state index is 14.1. The van der Waals surface area contributed by atoms with Crippen LogP contribution in [-0.4, -0.2) is 33.4 Å². The van der Waals surface area contributed by atoms with Crippen LogP contribution in [-0.2, 0) is 0 Å². The lowest BCUT2D eigenvalue weighted by atomic mass is 10.0. The van der Waals surface area contributed by atoms with E-state index in [1.54, 1.807) is 0 Å². The number of para-hydroxylation sites is 1. The number of aliphatic hydroxyl groups is 1. The predicted octanol–water partition coefficient (Wildman–Crippen LogP) is 2.13. The van der Waals surface area contributed by atoms with E-state index in [2.05, 4.69) is 0 Å². The van der Waals surface area contributed by atoms with Crippen molar-refractivity contribution in [3.8, 4) is 5.75 Å². The van der Waals surface area contributed by atoms with E-state index in [-0.39, 0.29) is 21.8 Å². The fourth-order valence-corrected chi connectivity index (χ4v) is 2.91. The van der Waals surface area contributed by atoms with Crippen LogP contribution in [0.2, 0.25) is 0 Å². The molecule has 1 aromatic carbocycles. The van der Waals surface area contributed by atoms with Crippen LogP contribution < -0.4 is 5.43 Å². The maximum Gasteiger partial charge on any atom is 0.317 e. The van der Waals surface area contributed by atoms with Gasteiger partial charge >= 0.3 is 5.91 Å². The summed E-state index contributed by atoms with van der Waals surface area (Å²) in [5.41, 5.74) is -1.97. The van der Waals surface area contributed by atoms with E-state index in [1.807, 2.05) is 0 Å². The Kier molecular flexibility index (Phi) is 3.81. The van der Waals surface area contributed by atoms with Crippen molar-refractivity contribution in [3.63, 3.8) is 0 Å². The molecular formula is C16H16FNO5. The monoisotopic (exact) mass is 321 g/mol. The Hall–Kier alpha value is -2.41. The first-order chi connectivity index (χ1) is 10.9. The zero-order chi connectivity index (χ0) is 16.6. The number of halogens is 1. The molecule has 0 bridgehead atoms. The number of nitrogens with zero attached hydrogens (tertiary/aromatic N) is 1. The highest BCUT2D eigenvalue weighted by Gasteiger charge is 2.36. The molecule has 0 saturated heterocycles. The van der Waals surface area contributed by atoms with Crippen LogP contribution in [0.4, 0.5) is 4.48 Å². The fourth-order valence-electron chi connectivity index (χ4n) is 2.91. The molecule has 1 fully saturated rings. The van der Waals surface area contributed by atoms with Gasteiger partial charge in [-0.2, -0.15) is 5.12 Å². The molecule has 2 N–H and O–H groups in total. The summed E-state index contributed by atoms with van der Waals surface area (Å²) in [5.74, 6) is -1.99. The van der Waals surface area contributed by atoms with Crippen molar-refractivity contribution in [1.29, 1.82) is 0 Å². The lowest BCUT2D eigenvalue weighted by molar-refractivity contribution is -0.0497. The molecule has 122 valence electrons. The van der Waals surface area contributed by atoms with E-state index in [1.165, 1.54) is 18.2 Å². The van der Waals surface area contributed by atoms with Crippen molar-refractivity contribution in [2.75, 3.05) is 6.54 Å². The van der Waals surface area contributed by atoms with E-state index in [9.17, 15) is 24.3 Å². The number of benzene rings is 1. The van der Waals surface area contributed by atoms with Gasteiger partial charge in [0.1, 0.15) is 0 Å². The summed E-state index contributed by atoms with van der Waals surface area (Å²) in [7, 11) is 0. The molecule has 2 aromatic rings. The SMILES string of the molecule is O=C(c1cc(=O)c2cccc(O)c2o1)N(F)CC1(O)CCCC1. The molecule has 23 heavy (non-hydrogen) atoms. The summed E-state index contributed by atoms with van der Waals surface area (Å²) in [6, 6.07) is 5.08. The second kappa shape index (κ2) is 5.66. The third-order valence-corrected chi connectivity index (χ3v) is 4.13. The lowest BCUT2D eigenvalue weighted by Gasteiger charge is -2.24. The highest BCUT2D eigenvalue weighted by molar-refractivity contribution is 5.93. The molecule has 0 spiro atoms. The van der Waals surface area contributed by atoms with E-state index in [0.29, 0.717) is 12.8 Å². The van der Waals surface area contributed by atoms with Gasteiger partial charge in [0.15, 0.2) is 22.5 Å². The minimum atomic E-state index is -1.25. The number of hydrogen-bond acceptors (Lipinski definition) is 5. The quantitative estimate of drug-likeness (QED) is 0.845. The Morgan fingerprint density at radius 1 is 1.35 bits per heavy atom. The molecule has 0 radical (unpaired) electrons. The van der Waals surface area contributed by atoms with Gasteiger partial charge in [-0.15, -0.1) is 0 Å². The van der Waals surface area contributed by atoms with Crippen LogP contribution in [0.1, 0.15) is 36.2 Å². The number of hydrogen-bond donors (Lipinski definition) is 2. The van der Waals surface area contributed by atoms with Crippen molar-refractivity contribution in [2.45, 2.75) is 31.3 Å². The number of rotatable bonds is 3. The molecule has 1 aromatic heterocycles. The molecule has 6 nitrogen and oxygen atoms in total. The van der Waals surface area contributed by atoms with Gasteiger partial charge in [0.05, 0.1) is 17.5 Å². The smallest absolute Gasteiger partial charge is 0.317 e. The lowest BCUT2D eigenvalue weighted by Crippen LogP contribution is -2.40. The van der Waals surface area contributed by atoms with Crippen molar-refractivity contribution in [1.82, 2.24) is 5.12 Å². The second-order valence-electron chi connectivity index (χ2n) is 5.89. The van der Waals surface area contributed by atoms with Crippen LogP contribution in [0.25, 0.3) is 11.0 Å². The molecule has 1 amide bonds. The minimum absolute atomic E-state index is 0.0985. The van der Waals surface area contributed by atoms with Crippen molar-refractivity contribution < 1.29 is 23.9 Å². The fraction of sp³-hybridized carbons (Fsp3) is 0.375. The molecule has 3 rings (SSSR count). The summed E-state index contributed by atoms with van der Waals surface area (Å²) in [5, 5.41) is 19.8. The van der Waals surface area contributed by atoms with E-state index in [4.69, 9.17) is 4.42 Å². The zero-order valence-electron chi connectivity index (χ0n) is 12.3. The Bertz CT molecular complexity index is 810. The van der Waals surface area contributed by atoms with E-state index >= 15 is 0 Å². The van der Waals surface area contributed by atoms with E-state index in [0.717, 1.165) is 18.9 Å². The normalized spacial score (nSPS) is 16.6. The van der Waals surface area contributed by atoms with Crippen LogP contribution in [0.15, 0.2) is 33.5 Å². The molecule has 0 aliphatic heterocycles. The number of aromatic hydroxyl groups is 1. The zero-order valence-corrected chi connectivity index (χ0v) is 12.3. The van der Waals surface area contributed by atoms with Gasteiger partial charge in [-0.3, -0.25) is 9.59 Å². The molecule has 1 saturated carbocycles. The minimum Gasteiger partial charge on any atom is -0.504 e. The van der Waals surface area contributed by atoms with Gasteiger partial charge in [0.2, 0.25) is 0 Å². The van der Waals surface area contributed by atoms with Crippen LogP contribution in [0.5, 0.6) is 5.75 Å². The molecule has 7 heteroatoms. The van der Waals surface area contributed by atoms with Gasteiger partial charge in [0.25, 0.3) is 0 Å². The summed E-state index contributed by atoms with van der Waals surface area (Å²) in [4.78, 5) is 24.1. The van der Waals surface area contributed by atoms with Crippen LogP contribution >= 0.6 is 0 Å². The van der Waals surface area contributed by atoms with Crippen molar-refractivity contribution in [3.05, 3.63) is 40.2 Å². The maximum atomic E-state index is 14.1. The molecule has 1 heterocycles. The molecule has 0 atom stereocenters. The van der Waals surface area contributed by atoms with Gasteiger partial charge < -0.3 is 14.6 Å². The third-order valence-electron chi connectivity index (χ3n) is 4.13. The molecular weight excluding hydrogens is 305 g/mol. The average Bonchev–Trinajstić information content (AvgIpc) is 2.93. The molecule has 0 unspecified atom stereocenters. The van der Waals surface area contributed by atoms with Gasteiger partial charge in [-0.25, -0.2) is 0 Å². The summed E-state index contributed by atoms with van der Waals surface area (Å²) >= 11 is 0. The number of carbonyl (C=O) groups excluding carboxylic acids is 1. The van der Waals surface area contributed by atoms with Crippen molar-refractivity contribution >= 4 is 16.9 Å². The number of phenols is 1. The molecule has 1 aliphatic rings. The number of carbonyl (C=O) groups is 1. The number of amides is 1. The Morgan fingerprint density at radius 2 is 2.04 bits per heavy atom. The first-order valence-electron chi connectivity index (χ1n) is 7.35. The summed E-state index contributed by atoms with van der Waals surface area (Å²) in [6.07, 6.45) is 2.39. The Labute approximate surface area is 130 Å². The Balaban J connectivity index is 1.91. The van der Waals surface area contributed by atoms with Crippen LogP contribution in [0, 0.1) is 0 Å². The Morgan fingerprint density at radius 3 is 2.74 bits per heavy atom. The number of phenolic OH excluding ortho intramolecular Hbond substituents is 1. The highest BCUT2D eigenvalue weighted by atomic mass is 19.2. The summed E-state index contributed by atoms with van der Waals surface area (Å²) < 4.78 is 19.3. The first-order valence-corrected chi connectivity index (χ1v) is 7.35. The summed E-state index contributed by atoms with van der Waals surface area (Å²) in [6.45, 7) is -0.478. The van der Waals surface area contributed by atoms with Gasteiger partial charge in [-0.1, -0.05) is 23.4 Å². The predicted molar refractivity (Wildman–Crippen MR) is 79.7 cm³/mol. The topological polar surface area (TPSA) is 91.0 Å². The number of fused-ring (bicyclic) bond motifs is 1. The largest absolute Gasteiger partial charge is 0.504 e. The van der Waals surface area contributed by atoms with E-state index < -0.39 is 29.2 Å². The third kappa shape index (κ3) is 2.92. The van der Waals surface area contributed by atoms with Crippen molar-refractivity contribution in [2.24, 2.45) is 0 Å².